The first-order valence-corrected chi connectivity index (χ1v) is 7.74. The highest BCUT2D eigenvalue weighted by Crippen LogP contribution is 2.29. The van der Waals surface area contributed by atoms with Crippen molar-refractivity contribution in [3.05, 3.63) is 29.8 Å². The van der Waals surface area contributed by atoms with Gasteiger partial charge in [0.25, 0.3) is 0 Å². The van der Waals surface area contributed by atoms with Crippen LogP contribution in [0.4, 0.5) is 5.69 Å². The van der Waals surface area contributed by atoms with Gasteiger partial charge < -0.3 is 4.90 Å². The van der Waals surface area contributed by atoms with Gasteiger partial charge in [0.2, 0.25) is 15.9 Å². The number of hydrogen-bond donors (Lipinski definition) is 1. The molecule has 5 nitrogen and oxygen atoms in total. The summed E-state index contributed by atoms with van der Waals surface area (Å²) in [5, 5.41) is -0.234. The fourth-order valence-electron chi connectivity index (χ4n) is 1.65. The van der Waals surface area contributed by atoms with Crippen LogP contribution in [0.25, 0.3) is 0 Å². The first-order chi connectivity index (χ1) is 8.88. The summed E-state index contributed by atoms with van der Waals surface area (Å²) in [7, 11) is 0.203. The number of amides is 1. The second kappa shape index (κ2) is 5.21. The van der Waals surface area contributed by atoms with Crippen molar-refractivity contribution in [1.82, 2.24) is 4.90 Å². The third kappa shape index (κ3) is 3.70. The molecule has 19 heavy (non-hydrogen) atoms. The first kappa shape index (κ1) is 13.9. The smallest absolute Gasteiger partial charge is 0.235 e. The summed E-state index contributed by atoms with van der Waals surface area (Å²) in [6.07, 6.45) is 1.80. The average Bonchev–Trinajstić information content (AvgIpc) is 3.15. The molecule has 104 valence electrons. The molecule has 1 N–H and O–H groups in total. The third-order valence-electron chi connectivity index (χ3n) is 3.03. The third-order valence-corrected chi connectivity index (χ3v) is 4.90. The van der Waals surface area contributed by atoms with Crippen LogP contribution in [0, 0.1) is 0 Å². The topological polar surface area (TPSA) is 66.5 Å². The monoisotopic (exact) mass is 282 g/mol. The summed E-state index contributed by atoms with van der Waals surface area (Å²) in [6.45, 7) is 0. The Morgan fingerprint density at radius 2 is 1.84 bits per heavy atom. The van der Waals surface area contributed by atoms with Crippen molar-refractivity contribution in [3.63, 3.8) is 0 Å². The predicted molar refractivity (Wildman–Crippen MR) is 74.4 cm³/mol. The molecule has 1 saturated carbocycles. The van der Waals surface area contributed by atoms with Gasteiger partial charge in [0.1, 0.15) is 0 Å². The molecule has 0 saturated heterocycles. The lowest BCUT2D eigenvalue weighted by molar-refractivity contribution is -0.127. The lowest BCUT2D eigenvalue weighted by Crippen LogP contribution is -2.23. The molecule has 6 heteroatoms. The van der Waals surface area contributed by atoms with Crippen LogP contribution in [0.5, 0.6) is 0 Å². The highest BCUT2D eigenvalue weighted by atomic mass is 32.2. The van der Waals surface area contributed by atoms with E-state index in [0.29, 0.717) is 12.1 Å². The molecule has 2 rings (SSSR count). The number of nitrogens with one attached hydrogen (secondary N) is 1. The van der Waals surface area contributed by atoms with Crippen LogP contribution in [-0.4, -0.2) is 38.6 Å². The maximum atomic E-state index is 11.7. The van der Waals surface area contributed by atoms with E-state index in [4.69, 9.17) is 0 Å². The second-order valence-corrected chi connectivity index (χ2v) is 6.97. The number of hydrogen-bond acceptors (Lipinski definition) is 3. The maximum Gasteiger partial charge on any atom is 0.235 e. The number of carbonyl (C=O) groups excluding carboxylic acids is 1. The molecule has 1 amide bonds. The van der Waals surface area contributed by atoms with E-state index in [1.165, 1.54) is 4.90 Å². The number of likely N-dealkylation sites (N-methyl/N-ethyl adjacent to an activating group) is 1. The number of carbonyl (C=O) groups is 1. The highest BCUT2D eigenvalue weighted by molar-refractivity contribution is 7.93. The van der Waals surface area contributed by atoms with Gasteiger partial charge in [-0.3, -0.25) is 9.52 Å². The molecular weight excluding hydrogens is 264 g/mol. The first-order valence-electron chi connectivity index (χ1n) is 6.19. The Kier molecular flexibility index (Phi) is 3.80. The minimum Gasteiger partial charge on any atom is -0.349 e. The molecule has 0 atom stereocenters. The van der Waals surface area contributed by atoms with Crippen LogP contribution in [0.15, 0.2) is 24.3 Å². The zero-order valence-electron chi connectivity index (χ0n) is 11.1. The van der Waals surface area contributed by atoms with Crippen LogP contribution in [0.1, 0.15) is 18.4 Å². The normalized spacial score (nSPS) is 15.1. The van der Waals surface area contributed by atoms with Gasteiger partial charge in [0, 0.05) is 19.8 Å². The Labute approximate surface area is 113 Å². The van der Waals surface area contributed by atoms with Gasteiger partial charge in [-0.05, 0) is 30.5 Å². The van der Waals surface area contributed by atoms with E-state index in [9.17, 15) is 13.2 Å². The molecule has 0 aliphatic heterocycles. The maximum absolute atomic E-state index is 11.7. The van der Waals surface area contributed by atoms with Crippen molar-refractivity contribution < 1.29 is 13.2 Å². The van der Waals surface area contributed by atoms with Gasteiger partial charge in [-0.2, -0.15) is 0 Å². The molecule has 1 aliphatic carbocycles. The summed E-state index contributed by atoms with van der Waals surface area (Å²) < 4.78 is 26.0. The molecule has 0 spiro atoms. The van der Waals surface area contributed by atoms with Gasteiger partial charge >= 0.3 is 0 Å². The number of benzene rings is 1. The predicted octanol–water partition coefficient (Wildman–Crippen LogP) is 1.22. The van der Waals surface area contributed by atoms with Crippen molar-refractivity contribution in [2.45, 2.75) is 24.5 Å². The second-order valence-electron chi connectivity index (χ2n) is 5.01. The van der Waals surface area contributed by atoms with E-state index in [1.807, 2.05) is 0 Å². The number of anilines is 1. The standard InChI is InChI=1S/C13H18N2O3S/c1-15(2)13(16)9-10-3-5-11(6-4-10)14-19(17,18)12-7-8-12/h3-6,12,14H,7-9H2,1-2H3. The van der Waals surface area contributed by atoms with Gasteiger partial charge in [-0.1, -0.05) is 12.1 Å². The van der Waals surface area contributed by atoms with Crippen molar-refractivity contribution >= 4 is 21.6 Å². The summed E-state index contributed by atoms with van der Waals surface area (Å²) in [5.74, 6) is 0.0197. The molecule has 0 unspecified atom stereocenters. The van der Waals surface area contributed by atoms with E-state index in [-0.39, 0.29) is 11.2 Å². The lowest BCUT2D eigenvalue weighted by Gasteiger charge is -2.11. The molecule has 1 fully saturated rings. The fourth-order valence-corrected chi connectivity index (χ4v) is 3.04. The minimum absolute atomic E-state index is 0.0197. The van der Waals surface area contributed by atoms with Gasteiger partial charge in [0.15, 0.2) is 0 Å². The Hall–Kier alpha value is -1.56. The van der Waals surface area contributed by atoms with Crippen LogP contribution in [0.3, 0.4) is 0 Å². The quantitative estimate of drug-likeness (QED) is 0.883. The molecule has 0 bridgehead atoms. The van der Waals surface area contributed by atoms with Crippen LogP contribution in [-0.2, 0) is 21.2 Å². The largest absolute Gasteiger partial charge is 0.349 e. The van der Waals surface area contributed by atoms with Gasteiger partial charge in [-0.15, -0.1) is 0 Å². The fraction of sp³-hybridized carbons (Fsp3) is 0.462. The Bertz CT molecular complexity index is 560. The molecule has 0 heterocycles. The van der Waals surface area contributed by atoms with Gasteiger partial charge in [0.05, 0.1) is 11.7 Å². The van der Waals surface area contributed by atoms with Crippen molar-refractivity contribution in [3.8, 4) is 0 Å². The highest BCUT2D eigenvalue weighted by Gasteiger charge is 2.35. The zero-order valence-corrected chi connectivity index (χ0v) is 11.9. The van der Waals surface area contributed by atoms with E-state index in [2.05, 4.69) is 4.72 Å². The van der Waals surface area contributed by atoms with Crippen molar-refractivity contribution in [2.75, 3.05) is 18.8 Å². The molecular formula is C13H18N2O3S. The Morgan fingerprint density at radius 1 is 1.26 bits per heavy atom. The molecule has 1 aromatic rings. The van der Waals surface area contributed by atoms with Crippen molar-refractivity contribution in [2.24, 2.45) is 0 Å². The summed E-state index contributed by atoms with van der Waals surface area (Å²) in [6, 6.07) is 6.93. The van der Waals surface area contributed by atoms with Gasteiger partial charge in [-0.25, -0.2) is 8.42 Å². The molecule has 0 radical (unpaired) electrons. The lowest BCUT2D eigenvalue weighted by atomic mass is 10.1. The summed E-state index contributed by atoms with van der Waals surface area (Å²) in [4.78, 5) is 13.1. The van der Waals surface area contributed by atoms with Crippen LogP contribution >= 0.6 is 0 Å². The zero-order chi connectivity index (χ0) is 14.0. The van der Waals surface area contributed by atoms with E-state index < -0.39 is 10.0 Å². The SMILES string of the molecule is CN(C)C(=O)Cc1ccc(NS(=O)(=O)C2CC2)cc1. The minimum atomic E-state index is -3.21. The number of sulfonamides is 1. The average molecular weight is 282 g/mol. The number of rotatable bonds is 5. The molecule has 0 aromatic heterocycles. The van der Waals surface area contributed by atoms with E-state index >= 15 is 0 Å². The van der Waals surface area contributed by atoms with E-state index in [1.54, 1.807) is 38.4 Å². The number of nitrogens with zero attached hydrogens (tertiary/aromatic N) is 1. The molecule has 1 aromatic carbocycles. The van der Waals surface area contributed by atoms with Crippen LogP contribution in [0.2, 0.25) is 0 Å². The summed E-state index contributed by atoms with van der Waals surface area (Å²) >= 11 is 0. The van der Waals surface area contributed by atoms with Crippen molar-refractivity contribution in [1.29, 1.82) is 0 Å². The molecule has 1 aliphatic rings. The Morgan fingerprint density at radius 3 is 2.32 bits per heavy atom. The van der Waals surface area contributed by atoms with E-state index in [0.717, 1.165) is 18.4 Å². The summed E-state index contributed by atoms with van der Waals surface area (Å²) in [5.41, 5.74) is 1.42. The Balaban J connectivity index is 2.00. The van der Waals surface area contributed by atoms with Crippen LogP contribution < -0.4 is 4.72 Å².